The van der Waals surface area contributed by atoms with Gasteiger partial charge in [-0.05, 0) is 18.9 Å². The molecule has 2 saturated heterocycles. The minimum Gasteiger partial charge on any atom is -0.461 e. The van der Waals surface area contributed by atoms with Gasteiger partial charge in [0.1, 0.15) is 6.10 Å². The molecule has 0 amide bonds. The molecule has 0 saturated carbocycles. The molecule has 2 heterocycles. The number of nitrogens with zero attached hydrogens (tertiary/aromatic N) is 1. The van der Waals surface area contributed by atoms with Crippen LogP contribution in [0.25, 0.3) is 0 Å². The van der Waals surface area contributed by atoms with Crippen LogP contribution in [0.4, 0.5) is 0 Å². The van der Waals surface area contributed by atoms with Crippen LogP contribution in [0, 0.1) is 0 Å². The third kappa shape index (κ3) is 3.22. The Morgan fingerprint density at radius 1 is 1.25 bits per heavy atom. The van der Waals surface area contributed by atoms with Crippen molar-refractivity contribution in [2.75, 3.05) is 20.2 Å². The average molecular weight is 332 g/mol. The number of aliphatic hydroxyl groups excluding tert-OH is 1. The van der Waals surface area contributed by atoms with Crippen molar-refractivity contribution in [2.24, 2.45) is 0 Å². The van der Waals surface area contributed by atoms with Crippen LogP contribution in [-0.4, -0.2) is 53.9 Å². The Hall–Kier alpha value is -1.39. The van der Waals surface area contributed by atoms with Gasteiger partial charge < -0.3 is 14.3 Å². The predicted molar refractivity (Wildman–Crippen MR) is 93.5 cm³/mol. The number of carbonyl (C=O) groups excluding carboxylic acids is 1. The predicted octanol–water partition coefficient (Wildman–Crippen LogP) is 2.86. The number of hydrogen-bond donors (Lipinski definition) is 1. The third-order valence-corrected chi connectivity index (χ3v) is 6.44. The highest BCUT2D eigenvalue weighted by Gasteiger charge is 2.51. The first kappa shape index (κ1) is 17.4. The van der Waals surface area contributed by atoms with Gasteiger partial charge in [-0.15, -0.1) is 0 Å². The fourth-order valence-electron chi connectivity index (χ4n) is 4.79. The fraction of sp³-hybridized carbons (Fsp3) is 0.650. The lowest BCUT2D eigenvalue weighted by Crippen LogP contribution is -2.58. The number of carbonyl (C=O) groups is 1. The zero-order valence-electron chi connectivity index (χ0n) is 14.9. The summed E-state index contributed by atoms with van der Waals surface area (Å²) in [6.07, 6.45) is 4.92. The van der Waals surface area contributed by atoms with Gasteiger partial charge in [0.25, 0.3) is 0 Å². The number of rotatable bonds is 6. The summed E-state index contributed by atoms with van der Waals surface area (Å²) < 4.78 is 7.06. The molecule has 4 heteroatoms. The minimum atomic E-state index is -0.358. The zero-order valence-corrected chi connectivity index (χ0v) is 14.9. The number of benzene rings is 1. The molecule has 1 aromatic carbocycles. The van der Waals surface area contributed by atoms with E-state index in [9.17, 15) is 9.90 Å². The van der Waals surface area contributed by atoms with Crippen LogP contribution < -0.4 is 0 Å². The number of ether oxygens (including phenoxy) is 1. The van der Waals surface area contributed by atoms with Crippen molar-refractivity contribution in [1.82, 2.24) is 0 Å². The van der Waals surface area contributed by atoms with Gasteiger partial charge in [0, 0.05) is 32.3 Å². The lowest BCUT2D eigenvalue weighted by molar-refractivity contribution is -0.947. The molecular formula is C20H30NO3+. The monoisotopic (exact) mass is 332 g/mol. The molecule has 2 aliphatic heterocycles. The van der Waals surface area contributed by atoms with E-state index in [4.69, 9.17) is 4.74 Å². The molecule has 4 nitrogen and oxygen atoms in total. The molecular weight excluding hydrogens is 302 g/mol. The molecule has 3 atom stereocenters. The van der Waals surface area contributed by atoms with Crippen LogP contribution in [0.5, 0.6) is 0 Å². The van der Waals surface area contributed by atoms with Crippen LogP contribution >= 0.6 is 0 Å². The third-order valence-electron chi connectivity index (χ3n) is 6.44. The lowest BCUT2D eigenvalue weighted by atomic mass is 9.94. The van der Waals surface area contributed by atoms with E-state index in [0.717, 1.165) is 29.4 Å². The maximum atomic E-state index is 12.7. The van der Waals surface area contributed by atoms with Crippen molar-refractivity contribution in [3.63, 3.8) is 0 Å². The van der Waals surface area contributed by atoms with Crippen LogP contribution in [0.15, 0.2) is 30.3 Å². The van der Waals surface area contributed by atoms with Crippen molar-refractivity contribution in [1.29, 1.82) is 0 Å². The van der Waals surface area contributed by atoms with Gasteiger partial charge in [0.2, 0.25) is 0 Å². The molecule has 0 radical (unpaired) electrons. The standard InChI is InChI=1S/C20H30NO3/c1-3-21(2)16-9-10-17(21)14-18(13-16)24-20(23)19(11-12-22)15-7-5-4-6-8-15/h4-8,16-19,22H,3,9-14H2,1-2H3/q+1. The van der Waals surface area contributed by atoms with E-state index in [1.165, 1.54) is 12.8 Å². The number of quaternary nitrogens is 1. The molecule has 1 N–H and O–H groups in total. The largest absolute Gasteiger partial charge is 0.461 e. The maximum absolute atomic E-state index is 12.7. The van der Waals surface area contributed by atoms with Crippen molar-refractivity contribution < 1.29 is 19.1 Å². The average Bonchev–Trinajstić information content (AvgIpc) is 2.77. The highest BCUT2D eigenvalue weighted by atomic mass is 16.5. The number of piperidine rings is 1. The normalized spacial score (nSPS) is 33.2. The Bertz CT molecular complexity index is 545. The van der Waals surface area contributed by atoms with Crippen LogP contribution in [0.3, 0.4) is 0 Å². The quantitative estimate of drug-likeness (QED) is 0.644. The Balaban J connectivity index is 1.66. The molecule has 0 aliphatic carbocycles. The van der Waals surface area contributed by atoms with Crippen LogP contribution in [-0.2, 0) is 9.53 Å². The van der Waals surface area contributed by atoms with Crippen LogP contribution in [0.1, 0.15) is 50.5 Å². The molecule has 24 heavy (non-hydrogen) atoms. The molecule has 0 aromatic heterocycles. The van der Waals surface area contributed by atoms with Gasteiger partial charge in [-0.25, -0.2) is 0 Å². The summed E-state index contributed by atoms with van der Waals surface area (Å²) in [6.45, 7) is 3.42. The van der Waals surface area contributed by atoms with Gasteiger partial charge in [0.15, 0.2) is 0 Å². The number of aliphatic hydroxyl groups is 1. The summed E-state index contributed by atoms with van der Waals surface area (Å²) >= 11 is 0. The van der Waals surface area contributed by atoms with Crippen molar-refractivity contribution in [3.8, 4) is 0 Å². The minimum absolute atomic E-state index is 0.00459. The first-order valence-corrected chi connectivity index (χ1v) is 9.29. The zero-order chi connectivity index (χ0) is 17.2. The Morgan fingerprint density at radius 3 is 2.42 bits per heavy atom. The summed E-state index contributed by atoms with van der Waals surface area (Å²) in [7, 11) is 2.36. The first-order chi connectivity index (χ1) is 11.6. The summed E-state index contributed by atoms with van der Waals surface area (Å²) in [5.41, 5.74) is 0.935. The molecule has 132 valence electrons. The number of esters is 1. The summed E-state index contributed by atoms with van der Waals surface area (Å²) in [5, 5.41) is 9.34. The summed E-state index contributed by atoms with van der Waals surface area (Å²) in [5.74, 6) is -0.532. The molecule has 2 bridgehead atoms. The van der Waals surface area contributed by atoms with Crippen molar-refractivity contribution in [2.45, 2.75) is 63.1 Å². The summed E-state index contributed by atoms with van der Waals surface area (Å²) in [6, 6.07) is 10.9. The van der Waals surface area contributed by atoms with E-state index in [2.05, 4.69) is 14.0 Å². The first-order valence-electron chi connectivity index (χ1n) is 9.29. The summed E-state index contributed by atoms with van der Waals surface area (Å²) in [4.78, 5) is 12.7. The molecule has 3 rings (SSSR count). The van der Waals surface area contributed by atoms with Gasteiger partial charge >= 0.3 is 5.97 Å². The smallest absolute Gasteiger partial charge is 0.313 e. The van der Waals surface area contributed by atoms with E-state index in [1.54, 1.807) is 0 Å². The maximum Gasteiger partial charge on any atom is 0.313 e. The van der Waals surface area contributed by atoms with E-state index in [1.807, 2.05) is 30.3 Å². The Labute approximate surface area is 145 Å². The van der Waals surface area contributed by atoms with Crippen molar-refractivity contribution >= 4 is 5.97 Å². The van der Waals surface area contributed by atoms with E-state index in [-0.39, 0.29) is 24.6 Å². The highest BCUT2D eigenvalue weighted by molar-refractivity contribution is 5.78. The van der Waals surface area contributed by atoms with E-state index < -0.39 is 0 Å². The lowest BCUT2D eigenvalue weighted by Gasteiger charge is -2.46. The van der Waals surface area contributed by atoms with Crippen LogP contribution in [0.2, 0.25) is 0 Å². The second-order valence-corrected chi connectivity index (χ2v) is 7.55. The highest BCUT2D eigenvalue weighted by Crippen LogP contribution is 2.42. The fourth-order valence-corrected chi connectivity index (χ4v) is 4.79. The van der Waals surface area contributed by atoms with Crippen molar-refractivity contribution in [3.05, 3.63) is 35.9 Å². The topological polar surface area (TPSA) is 46.5 Å². The van der Waals surface area contributed by atoms with E-state index >= 15 is 0 Å². The number of fused-ring (bicyclic) bond motifs is 2. The van der Waals surface area contributed by atoms with Gasteiger partial charge in [-0.2, -0.15) is 0 Å². The van der Waals surface area contributed by atoms with E-state index in [0.29, 0.717) is 18.5 Å². The Kier molecular flexibility index (Phi) is 5.26. The molecule has 0 spiro atoms. The second kappa shape index (κ2) is 7.24. The Morgan fingerprint density at radius 2 is 1.88 bits per heavy atom. The molecule has 2 aliphatic rings. The SMILES string of the molecule is CC[N+]1(C)C2CCC1CC(OC(=O)C(CCO)c1ccccc1)C2. The molecule has 2 fully saturated rings. The van der Waals surface area contributed by atoms with Gasteiger partial charge in [-0.1, -0.05) is 30.3 Å². The molecule has 3 unspecified atom stereocenters. The van der Waals surface area contributed by atoms with Gasteiger partial charge in [-0.3, -0.25) is 4.79 Å². The number of hydrogen-bond acceptors (Lipinski definition) is 3. The molecule has 1 aromatic rings. The van der Waals surface area contributed by atoms with Gasteiger partial charge in [0.05, 0.1) is 31.6 Å². The second-order valence-electron chi connectivity index (χ2n) is 7.55.